The van der Waals surface area contributed by atoms with E-state index in [1.165, 1.54) is 0 Å². The Labute approximate surface area is 705 Å². The van der Waals surface area contributed by atoms with Crippen molar-refractivity contribution in [1.29, 1.82) is 0 Å². The fraction of sp³-hybridized carbons (Fsp3) is 0.265. The van der Waals surface area contributed by atoms with Crippen molar-refractivity contribution >= 4 is 177 Å². The van der Waals surface area contributed by atoms with Gasteiger partial charge in [0.05, 0.1) is 31.9 Å². The van der Waals surface area contributed by atoms with Crippen LogP contribution in [0.3, 0.4) is 0 Å². The van der Waals surface area contributed by atoms with E-state index in [4.69, 9.17) is 66.5 Å². The molecular weight excluding hydrogens is 2300 g/mol. The average molecular weight is 2300 g/mol. The van der Waals surface area contributed by atoms with E-state index in [-0.39, 0.29) is 0 Å². The van der Waals surface area contributed by atoms with Crippen LogP contribution in [-0.4, -0.2) is 99.3 Å². The molecule has 0 spiro atoms. The van der Waals surface area contributed by atoms with Gasteiger partial charge in [0.25, 0.3) is 29.4 Å². The molecule has 4 aromatic carbocycles. The molecule has 0 radical (unpaired) electrons. The third kappa shape index (κ3) is 21.4. The highest BCUT2D eigenvalue weighted by Crippen LogP contribution is 2.74. The number of hydrogen-bond acceptors (Lipinski definition) is 0. The lowest BCUT2D eigenvalue weighted by Gasteiger charge is -2.43. The molecule has 734 valence electrons. The largest absolute Gasteiger partial charge is 0.460 e. The van der Waals surface area contributed by atoms with Gasteiger partial charge in [0.15, 0.2) is 115 Å². The zero-order valence-corrected chi connectivity index (χ0v) is 67.5. The van der Waals surface area contributed by atoms with E-state index in [9.17, 15) is 281 Å². The summed E-state index contributed by atoms with van der Waals surface area (Å²) in [5, 5.41) is -16.4. The topological polar surface area (TPSA) is 0 Å². The highest BCUT2D eigenvalue weighted by Gasteiger charge is 2.97. The van der Waals surface area contributed by atoms with E-state index in [1.807, 2.05) is 0 Å². The first kappa shape index (κ1) is 123. The van der Waals surface area contributed by atoms with Crippen molar-refractivity contribution in [3.05, 3.63) is 174 Å². The second-order valence-corrected chi connectivity index (χ2v) is 52.3. The Bertz CT molecular complexity index is 4860. The van der Waals surface area contributed by atoms with E-state index >= 15 is 0 Å². The highest BCUT2D eigenvalue weighted by atomic mass is 35.7. The Morgan fingerprint density at radius 1 is 0.195 bits per heavy atom. The number of rotatable bonds is 18. The van der Waals surface area contributed by atoms with Crippen molar-refractivity contribution in [2.24, 2.45) is 0 Å². The Hall–Kier alpha value is -5.18. The molecule has 0 fully saturated rings. The molecule has 128 heavy (non-hydrogen) atoms. The zero-order valence-electron chi connectivity index (χ0n) is 55.0. The molecule has 0 bridgehead atoms. The minimum absolute atomic E-state index is 2.20. The molecule has 0 aromatic heterocycles. The lowest BCUT2D eigenvalue weighted by molar-refractivity contribution is -0.458. The van der Waals surface area contributed by atoms with Gasteiger partial charge < -0.3 is 0 Å². The van der Waals surface area contributed by atoms with Gasteiger partial charge in [0.2, 0.25) is 17.5 Å². The fourth-order valence-electron chi connectivity index (χ4n) is 7.93. The molecule has 0 unspecified atom stereocenters. The maximum atomic E-state index is 14.3. The van der Waals surface area contributed by atoms with Gasteiger partial charge >= 0.3 is 118 Å². The van der Waals surface area contributed by atoms with Gasteiger partial charge in [-0.15, -0.1) is 111 Å². The van der Waals surface area contributed by atoms with Crippen molar-refractivity contribution < 1.29 is 281 Å². The molecule has 79 heteroatoms. The molecule has 0 saturated carbocycles. The van der Waals surface area contributed by atoms with E-state index in [2.05, 4.69) is 44.3 Å². The van der Waals surface area contributed by atoms with Crippen LogP contribution in [0, 0.1) is 98.9 Å². The first-order chi connectivity index (χ1) is 56.0. The first-order valence-corrected chi connectivity index (χ1v) is 47.4. The monoisotopic (exact) mass is 2290 g/mol. The van der Waals surface area contributed by atoms with E-state index in [0.29, 0.717) is 0 Å². The Morgan fingerprint density at radius 3 is 0.578 bits per heavy atom. The van der Waals surface area contributed by atoms with Gasteiger partial charge in [-0.1, -0.05) is 0 Å². The predicted molar refractivity (Wildman–Crippen MR) is 319 cm³/mol. The summed E-state index contributed by atoms with van der Waals surface area (Å²) in [6.07, 6.45) is -56.9. The summed E-state index contributed by atoms with van der Waals surface area (Å²) in [5.41, 5.74) is -28.8. The number of hydrogen-bond donors (Lipinski definition) is 0. The van der Waals surface area contributed by atoms with Crippen LogP contribution in [0.2, 0.25) is 5.04 Å². The maximum absolute atomic E-state index is 14.3. The summed E-state index contributed by atoms with van der Waals surface area (Å²) in [5.74, 6) is -107. The fourth-order valence-corrected chi connectivity index (χ4v) is 23.2. The molecule has 0 atom stereocenters. The Morgan fingerprint density at radius 2 is 0.383 bits per heavy atom. The Kier molecular flexibility index (Phi) is 38.4. The van der Waals surface area contributed by atoms with Crippen LogP contribution in [0.15, 0.2) is 58.3 Å². The third-order valence-corrected chi connectivity index (χ3v) is 35.7. The summed E-state index contributed by atoms with van der Waals surface area (Å²) in [6.45, 7) is -32.5. The third-order valence-electron chi connectivity index (χ3n) is 13.9. The predicted octanol–water partition coefficient (Wildman–Crippen LogP) is 30.1. The van der Waals surface area contributed by atoms with Gasteiger partial charge in [-0.3, -0.25) is 0 Å². The van der Waals surface area contributed by atoms with Gasteiger partial charge in [0.1, 0.15) is 5.56 Å². The zero-order chi connectivity index (χ0) is 104. The van der Waals surface area contributed by atoms with Crippen LogP contribution in [0.25, 0.3) is 11.7 Å². The molecule has 4 aromatic rings. The number of halogens is 74. The Balaban J connectivity index is 0.00000162. The summed E-state index contributed by atoms with van der Waals surface area (Å²) in [4.78, 5) is 0. The van der Waals surface area contributed by atoms with Crippen molar-refractivity contribution in [2.75, 3.05) is 0 Å². The molecule has 0 heterocycles. The molecule has 0 nitrogen and oxygen atoms in total. The standard InChI is InChI=1S/C15Cl2F14Si.C14Cl2F12Si.C10Cl2F20Si.C6Cl2F12Si.C4Cl2F6Si/c16-32(17,13-10(25)6(21)2(15(29,30)31)7(22)11(13)26)12-8(23)3(18)1(4(19)9(12)24)5(20)14(27)28;15-29(16,13-10(25)6(21)5(20)7(22)11(13)26)12-8(23)2(17)1(3(18)9(12)24)4(19)14(27)28;11-33(12,2(15)1(13)14)10(31,32)8(26,27)6(22,23)4(18,19)3(16,17)5(20,21)7(24,25)9(28,29)30;7-21(8,2(11)1(9)10)3(4(12,13)14,5(15,16)17)6(18,19)20;5-13(6,3(11)1(7)8)4(12)2(9)10. The minimum atomic E-state index is -8.96. The maximum Gasteiger partial charge on any atom is 0.460 e. The lowest BCUT2D eigenvalue weighted by Crippen LogP contribution is -2.76. The van der Waals surface area contributed by atoms with E-state index in [0.717, 1.165) is 0 Å². The first-order valence-electron chi connectivity index (χ1n) is 27.2. The molecule has 4 rings (SSSR count). The summed E-state index contributed by atoms with van der Waals surface area (Å²) in [7, 11) is 0. The van der Waals surface area contributed by atoms with Crippen molar-refractivity contribution in [3.63, 3.8) is 0 Å². The van der Waals surface area contributed by atoms with Crippen molar-refractivity contribution in [3.8, 4) is 0 Å². The van der Waals surface area contributed by atoms with Crippen LogP contribution < -0.4 is 20.7 Å². The molecule has 0 aliphatic rings. The SMILES string of the molecule is FC(F)=C(F)[Si](Cl)(Cl)C(C(F)(F)F)(C(F)(F)F)C(F)(F)F.FC(F)=C(F)[Si](Cl)(Cl)C(F)(F)C(F)(F)C(F)(F)C(F)(F)C(F)(F)C(F)(F)C(F)(F)C(F)(F)F.FC(F)=C(F)[Si](Cl)(Cl)C(F)=C(F)F.FC(F)=C(F)c1c(F)c(F)c([Si](Cl)(Cl)c2c(F)c(F)c(C(F)(F)F)c(F)c2F)c(F)c1F.FC(F)=C(F)c1c(F)c(F)c([Si](Cl)(Cl)c2c(F)c(F)c(F)c(F)c2F)c(F)c1F. The van der Waals surface area contributed by atoms with Crippen molar-refractivity contribution in [2.45, 2.75) is 77.0 Å². The smallest absolute Gasteiger partial charge is 0.208 e. The normalized spacial score (nSPS) is 13.5. The van der Waals surface area contributed by atoms with Crippen LogP contribution >= 0.6 is 111 Å². The van der Waals surface area contributed by atoms with Gasteiger partial charge in [-0.2, -0.15) is 171 Å². The van der Waals surface area contributed by atoms with Gasteiger partial charge in [0, 0.05) is 0 Å². The number of alkyl halides is 29. The number of benzene rings is 4. The quantitative estimate of drug-likeness (QED) is 0.0306. The van der Waals surface area contributed by atoms with E-state index < -0.39 is 317 Å². The summed E-state index contributed by atoms with van der Waals surface area (Å²) >= 11 is 47.9. The average Bonchev–Trinajstić information content (AvgIpc) is 0.691. The molecule has 0 aliphatic heterocycles. The summed E-state index contributed by atoms with van der Waals surface area (Å²) in [6, 6.07) is 0. The minimum Gasteiger partial charge on any atom is -0.208 e. The van der Waals surface area contributed by atoms with Crippen LogP contribution in [0.5, 0.6) is 0 Å². The van der Waals surface area contributed by atoms with Crippen LogP contribution in [0.1, 0.15) is 16.7 Å². The summed E-state index contributed by atoms with van der Waals surface area (Å²) < 4.78 is 827. The molecule has 0 saturated heterocycles. The van der Waals surface area contributed by atoms with E-state index in [1.54, 1.807) is 0 Å². The van der Waals surface area contributed by atoms with Crippen LogP contribution in [0.4, 0.5) is 281 Å². The second kappa shape index (κ2) is 40.0. The van der Waals surface area contributed by atoms with Gasteiger partial charge in [-0.05, 0) is 0 Å². The van der Waals surface area contributed by atoms with Gasteiger partial charge in [-0.25, -0.2) is 110 Å². The van der Waals surface area contributed by atoms with Crippen LogP contribution in [-0.2, 0) is 6.18 Å². The molecular formula is C49Cl10F64Si5. The molecule has 0 aliphatic carbocycles. The second-order valence-electron chi connectivity index (χ2n) is 21.5. The highest BCUT2D eigenvalue weighted by molar-refractivity contribution is 7.57. The molecule has 0 amide bonds. The lowest BCUT2D eigenvalue weighted by atomic mass is 9.91. The molecule has 0 N–H and O–H groups in total. The van der Waals surface area contributed by atoms with Crippen molar-refractivity contribution in [1.82, 2.24) is 0 Å².